The van der Waals surface area contributed by atoms with Gasteiger partial charge in [0.15, 0.2) is 0 Å². The summed E-state index contributed by atoms with van der Waals surface area (Å²) >= 11 is 0. The summed E-state index contributed by atoms with van der Waals surface area (Å²) in [4.78, 5) is 30.1. The maximum atomic E-state index is 12.6. The van der Waals surface area contributed by atoms with Crippen molar-refractivity contribution in [1.29, 1.82) is 0 Å². The van der Waals surface area contributed by atoms with Crippen molar-refractivity contribution >= 4 is 17.5 Å². The van der Waals surface area contributed by atoms with Crippen LogP contribution in [0, 0.1) is 5.41 Å². The van der Waals surface area contributed by atoms with Crippen LogP contribution in [-0.4, -0.2) is 28.6 Å². The molecular formula is C19H19N3O3. The topological polar surface area (TPSA) is 82.5 Å². The predicted octanol–water partition coefficient (Wildman–Crippen LogP) is 2.11. The van der Waals surface area contributed by atoms with Crippen molar-refractivity contribution in [2.75, 3.05) is 11.4 Å². The number of rotatable bonds is 2. The molecule has 6 nitrogen and oxygen atoms in total. The van der Waals surface area contributed by atoms with E-state index >= 15 is 0 Å². The maximum Gasteiger partial charge on any atom is 0.274 e. The van der Waals surface area contributed by atoms with Gasteiger partial charge in [-0.1, -0.05) is 6.07 Å². The Morgan fingerprint density at radius 3 is 2.88 bits per heavy atom. The number of aryl methyl sites for hydroxylation is 1. The average molecular weight is 337 g/mol. The number of nitrogens with one attached hydrogen (secondary N) is 1. The first kappa shape index (κ1) is 15.8. The van der Waals surface area contributed by atoms with E-state index in [0.717, 1.165) is 30.5 Å². The van der Waals surface area contributed by atoms with Crippen molar-refractivity contribution in [3.05, 3.63) is 59.4 Å². The van der Waals surface area contributed by atoms with Gasteiger partial charge in [-0.25, -0.2) is 5.48 Å². The number of fused-ring (bicyclic) bond motifs is 1. The molecule has 1 fully saturated rings. The Bertz CT molecular complexity index is 837. The average Bonchev–Trinajstić information content (AvgIpc) is 2.97. The molecule has 2 aliphatic rings. The van der Waals surface area contributed by atoms with Gasteiger partial charge in [0, 0.05) is 30.1 Å². The Morgan fingerprint density at radius 2 is 2.12 bits per heavy atom. The van der Waals surface area contributed by atoms with Gasteiger partial charge in [0.1, 0.15) is 0 Å². The lowest BCUT2D eigenvalue weighted by atomic mass is 9.70. The fourth-order valence-corrected chi connectivity index (χ4v) is 4.06. The van der Waals surface area contributed by atoms with Crippen LogP contribution >= 0.6 is 0 Å². The molecule has 0 bridgehead atoms. The van der Waals surface area contributed by atoms with Crippen LogP contribution in [0.5, 0.6) is 0 Å². The highest BCUT2D eigenvalue weighted by atomic mass is 16.5. The molecule has 2 aromatic rings. The van der Waals surface area contributed by atoms with Gasteiger partial charge in [0.25, 0.3) is 5.91 Å². The molecule has 0 radical (unpaired) electrons. The van der Waals surface area contributed by atoms with E-state index in [-0.39, 0.29) is 11.3 Å². The molecule has 1 saturated heterocycles. The molecule has 1 aliphatic carbocycles. The Hall–Kier alpha value is -2.73. The number of benzene rings is 1. The summed E-state index contributed by atoms with van der Waals surface area (Å²) in [5, 5.41) is 8.78. The lowest BCUT2D eigenvalue weighted by Crippen LogP contribution is -2.33. The quantitative estimate of drug-likeness (QED) is 0.649. The number of amides is 2. The number of hydroxylamine groups is 1. The first-order valence-corrected chi connectivity index (χ1v) is 8.37. The normalized spacial score (nSPS) is 22.1. The SMILES string of the molecule is O=C(NO)c1ccc2c(c1)CC[C@@]1(CC(=O)N(c3cccnc3)C1)C2. The van der Waals surface area contributed by atoms with E-state index in [1.165, 1.54) is 5.56 Å². The Balaban J connectivity index is 1.58. The van der Waals surface area contributed by atoms with Gasteiger partial charge < -0.3 is 4.90 Å². The minimum atomic E-state index is -0.498. The summed E-state index contributed by atoms with van der Waals surface area (Å²) in [7, 11) is 0. The maximum absolute atomic E-state index is 12.6. The zero-order valence-corrected chi connectivity index (χ0v) is 13.7. The zero-order chi connectivity index (χ0) is 17.4. The van der Waals surface area contributed by atoms with Crippen molar-refractivity contribution in [2.45, 2.75) is 25.7 Å². The minimum Gasteiger partial charge on any atom is -0.310 e. The Kier molecular flexibility index (Phi) is 3.77. The summed E-state index contributed by atoms with van der Waals surface area (Å²) in [5.41, 5.74) is 5.23. The second-order valence-electron chi connectivity index (χ2n) is 6.97. The molecule has 128 valence electrons. The van der Waals surface area contributed by atoms with Gasteiger partial charge >= 0.3 is 0 Å². The fraction of sp³-hybridized carbons (Fsp3) is 0.316. The van der Waals surface area contributed by atoms with E-state index in [2.05, 4.69) is 4.98 Å². The summed E-state index contributed by atoms with van der Waals surface area (Å²) < 4.78 is 0. The van der Waals surface area contributed by atoms with E-state index in [4.69, 9.17) is 5.21 Å². The van der Waals surface area contributed by atoms with Crippen LogP contribution in [0.15, 0.2) is 42.7 Å². The Labute approximate surface area is 145 Å². The molecule has 0 unspecified atom stereocenters. The molecule has 2 N–H and O–H groups in total. The summed E-state index contributed by atoms with van der Waals surface area (Å²) in [5.74, 6) is -0.352. The molecule has 2 heterocycles. The minimum absolute atomic E-state index is 0.0549. The molecule has 25 heavy (non-hydrogen) atoms. The largest absolute Gasteiger partial charge is 0.310 e. The number of hydrogen-bond acceptors (Lipinski definition) is 4. The van der Waals surface area contributed by atoms with Crippen LogP contribution in [-0.2, 0) is 17.6 Å². The number of carbonyl (C=O) groups is 2. The molecule has 1 aromatic heterocycles. The van der Waals surface area contributed by atoms with E-state index in [0.29, 0.717) is 18.5 Å². The number of aromatic nitrogens is 1. The van der Waals surface area contributed by atoms with Crippen molar-refractivity contribution in [3.63, 3.8) is 0 Å². The highest BCUT2D eigenvalue weighted by Crippen LogP contribution is 2.44. The van der Waals surface area contributed by atoms with Gasteiger partial charge in [-0.2, -0.15) is 0 Å². The third-order valence-corrected chi connectivity index (χ3v) is 5.34. The van der Waals surface area contributed by atoms with Crippen molar-refractivity contribution < 1.29 is 14.8 Å². The molecule has 2 amide bonds. The zero-order valence-electron chi connectivity index (χ0n) is 13.7. The molecule has 1 spiro atoms. The van der Waals surface area contributed by atoms with Crippen LogP contribution in [0.2, 0.25) is 0 Å². The lowest BCUT2D eigenvalue weighted by Gasteiger charge is -2.34. The van der Waals surface area contributed by atoms with Crippen LogP contribution in [0.25, 0.3) is 0 Å². The third-order valence-electron chi connectivity index (χ3n) is 5.34. The second kappa shape index (κ2) is 5.97. The first-order chi connectivity index (χ1) is 12.1. The van der Waals surface area contributed by atoms with E-state index in [1.807, 2.05) is 29.2 Å². The van der Waals surface area contributed by atoms with Crippen LogP contribution < -0.4 is 10.4 Å². The van der Waals surface area contributed by atoms with Gasteiger partial charge in [-0.15, -0.1) is 0 Å². The number of carbonyl (C=O) groups excluding carboxylic acids is 2. The predicted molar refractivity (Wildman–Crippen MR) is 91.4 cm³/mol. The summed E-state index contributed by atoms with van der Waals surface area (Å²) in [6.45, 7) is 0.704. The highest BCUT2D eigenvalue weighted by molar-refractivity contribution is 5.96. The van der Waals surface area contributed by atoms with E-state index in [1.54, 1.807) is 23.9 Å². The molecule has 1 aliphatic heterocycles. The highest BCUT2D eigenvalue weighted by Gasteiger charge is 2.45. The molecular weight excluding hydrogens is 318 g/mol. The fourth-order valence-electron chi connectivity index (χ4n) is 4.06. The van der Waals surface area contributed by atoms with Crippen LogP contribution in [0.3, 0.4) is 0 Å². The summed E-state index contributed by atoms with van der Waals surface area (Å²) in [6.07, 6.45) is 6.54. The van der Waals surface area contributed by atoms with Crippen LogP contribution in [0.1, 0.15) is 34.3 Å². The van der Waals surface area contributed by atoms with E-state index < -0.39 is 5.91 Å². The van der Waals surface area contributed by atoms with Crippen molar-refractivity contribution in [2.24, 2.45) is 5.41 Å². The molecule has 4 rings (SSSR count). The molecule has 1 atom stereocenters. The summed E-state index contributed by atoms with van der Waals surface area (Å²) in [6, 6.07) is 9.26. The number of hydrogen-bond donors (Lipinski definition) is 2. The van der Waals surface area contributed by atoms with Gasteiger partial charge in [0.05, 0.1) is 11.9 Å². The van der Waals surface area contributed by atoms with Gasteiger partial charge in [0.2, 0.25) is 5.91 Å². The monoisotopic (exact) mass is 337 g/mol. The molecule has 6 heteroatoms. The van der Waals surface area contributed by atoms with Crippen molar-refractivity contribution in [1.82, 2.24) is 10.5 Å². The third kappa shape index (κ3) is 2.78. The first-order valence-electron chi connectivity index (χ1n) is 8.37. The van der Waals surface area contributed by atoms with E-state index in [9.17, 15) is 9.59 Å². The van der Waals surface area contributed by atoms with Gasteiger partial charge in [-0.3, -0.25) is 19.8 Å². The van der Waals surface area contributed by atoms with Crippen molar-refractivity contribution in [3.8, 4) is 0 Å². The molecule has 1 aromatic carbocycles. The molecule has 0 saturated carbocycles. The van der Waals surface area contributed by atoms with Crippen LogP contribution in [0.4, 0.5) is 5.69 Å². The number of pyridine rings is 1. The lowest BCUT2D eigenvalue weighted by molar-refractivity contribution is -0.117. The van der Waals surface area contributed by atoms with Gasteiger partial charge in [-0.05, 0) is 54.7 Å². The number of anilines is 1. The standard InChI is InChI=1S/C19H19N3O3/c23-17-10-19(12-22(17)16-2-1-7-20-11-16)6-5-13-8-14(18(24)21-25)3-4-15(13)9-19/h1-4,7-8,11,25H,5-6,9-10,12H2,(H,21,24)/t19-/m0/s1. The second-order valence-corrected chi connectivity index (χ2v) is 6.97. The number of nitrogens with zero attached hydrogens (tertiary/aromatic N) is 2. The smallest absolute Gasteiger partial charge is 0.274 e. The Morgan fingerprint density at radius 1 is 1.24 bits per heavy atom.